The van der Waals surface area contributed by atoms with Gasteiger partial charge < -0.3 is 9.72 Å². The smallest absolute Gasteiger partial charge is 0.237 e. The molecule has 1 aromatic heterocycles. The molecule has 0 unspecified atom stereocenters. The molecule has 1 rings (SSSR count). The lowest BCUT2D eigenvalue weighted by Crippen LogP contribution is -2.20. The summed E-state index contributed by atoms with van der Waals surface area (Å²) in [7, 11) is -1.89. The number of imidazole rings is 1. The Morgan fingerprint density at radius 2 is 2.46 bits per heavy atom. The van der Waals surface area contributed by atoms with Crippen molar-refractivity contribution in [2.24, 2.45) is 0 Å². The normalized spacial score (nSPS) is 11.5. The fourth-order valence-electron chi connectivity index (χ4n) is 0.712. The van der Waals surface area contributed by atoms with Crippen molar-refractivity contribution in [2.75, 3.05) is 24.2 Å². The van der Waals surface area contributed by atoms with Gasteiger partial charge in [-0.2, -0.15) is 0 Å². The van der Waals surface area contributed by atoms with Crippen LogP contribution in [0.4, 0.5) is 5.95 Å². The summed E-state index contributed by atoms with van der Waals surface area (Å²) in [5.41, 5.74) is 0. The summed E-state index contributed by atoms with van der Waals surface area (Å²) >= 11 is 0. The predicted octanol–water partition coefficient (Wildman–Crippen LogP) is -0.202. The van der Waals surface area contributed by atoms with E-state index in [0.717, 1.165) is 0 Å². The molecule has 0 saturated heterocycles. The van der Waals surface area contributed by atoms with E-state index in [2.05, 4.69) is 19.4 Å². The van der Waals surface area contributed by atoms with E-state index in [4.69, 9.17) is 0 Å². The average Bonchev–Trinajstić information content (AvgIpc) is 2.52. The predicted molar refractivity (Wildman–Crippen MR) is 47.9 cm³/mol. The number of aromatic amines is 1. The number of sulfonamides is 1. The number of aromatic nitrogens is 2. The summed E-state index contributed by atoms with van der Waals surface area (Å²) in [6.07, 6.45) is 3.00. The lowest BCUT2D eigenvalue weighted by Gasteiger charge is -2.03. The number of ether oxygens (including phenoxy) is 1. The SMILES string of the molecule is COCCS(=O)(=O)Nc1ncc[nH]1. The second kappa shape index (κ2) is 4.24. The molecule has 13 heavy (non-hydrogen) atoms. The van der Waals surface area contributed by atoms with Crippen molar-refractivity contribution in [3.05, 3.63) is 12.4 Å². The van der Waals surface area contributed by atoms with Crippen molar-refractivity contribution in [1.82, 2.24) is 9.97 Å². The van der Waals surface area contributed by atoms with Crippen LogP contribution in [-0.2, 0) is 14.8 Å². The molecule has 0 aromatic carbocycles. The standard InChI is InChI=1S/C6H11N3O3S/c1-12-4-5-13(10,11)9-6-7-2-3-8-6/h2-3H,4-5H2,1H3,(H2,7,8,9). The number of hydrogen-bond acceptors (Lipinski definition) is 4. The average molecular weight is 205 g/mol. The zero-order valence-corrected chi connectivity index (χ0v) is 7.97. The van der Waals surface area contributed by atoms with Crippen LogP contribution in [0, 0.1) is 0 Å². The molecule has 0 spiro atoms. The summed E-state index contributed by atoms with van der Waals surface area (Å²) in [6, 6.07) is 0. The highest BCUT2D eigenvalue weighted by Gasteiger charge is 2.10. The highest BCUT2D eigenvalue weighted by molar-refractivity contribution is 7.92. The number of H-pyrrole nitrogens is 1. The first-order chi connectivity index (χ1) is 6.14. The largest absolute Gasteiger partial charge is 0.384 e. The van der Waals surface area contributed by atoms with E-state index in [1.807, 2.05) is 0 Å². The van der Waals surface area contributed by atoms with Crippen molar-refractivity contribution < 1.29 is 13.2 Å². The third kappa shape index (κ3) is 3.43. The van der Waals surface area contributed by atoms with Gasteiger partial charge in [0.2, 0.25) is 16.0 Å². The molecule has 2 N–H and O–H groups in total. The van der Waals surface area contributed by atoms with Crippen molar-refractivity contribution in [3.8, 4) is 0 Å². The van der Waals surface area contributed by atoms with Gasteiger partial charge in [0, 0.05) is 19.5 Å². The zero-order valence-electron chi connectivity index (χ0n) is 7.15. The molecule has 0 amide bonds. The quantitative estimate of drug-likeness (QED) is 0.697. The van der Waals surface area contributed by atoms with E-state index >= 15 is 0 Å². The van der Waals surface area contributed by atoms with Gasteiger partial charge in [-0.1, -0.05) is 0 Å². The van der Waals surface area contributed by atoms with Gasteiger partial charge in [-0.25, -0.2) is 13.4 Å². The molecular weight excluding hydrogens is 194 g/mol. The second-order valence-corrected chi connectivity index (χ2v) is 4.19. The first-order valence-electron chi connectivity index (χ1n) is 3.63. The van der Waals surface area contributed by atoms with Gasteiger partial charge >= 0.3 is 0 Å². The highest BCUT2D eigenvalue weighted by Crippen LogP contribution is 1.99. The van der Waals surface area contributed by atoms with Crippen LogP contribution in [0.3, 0.4) is 0 Å². The molecule has 0 saturated carbocycles. The van der Waals surface area contributed by atoms with Crippen LogP contribution in [0.2, 0.25) is 0 Å². The van der Waals surface area contributed by atoms with E-state index < -0.39 is 10.0 Å². The number of rotatable bonds is 5. The van der Waals surface area contributed by atoms with Crippen LogP contribution >= 0.6 is 0 Å². The van der Waals surface area contributed by atoms with Gasteiger partial charge in [0.25, 0.3) is 0 Å². The maximum Gasteiger partial charge on any atom is 0.237 e. The third-order valence-electron chi connectivity index (χ3n) is 1.31. The first kappa shape index (κ1) is 10.0. The minimum absolute atomic E-state index is 0.0792. The van der Waals surface area contributed by atoms with E-state index in [1.165, 1.54) is 19.5 Å². The number of nitrogens with one attached hydrogen (secondary N) is 2. The molecule has 0 fully saturated rings. The molecule has 1 aromatic rings. The van der Waals surface area contributed by atoms with Crippen LogP contribution in [0.15, 0.2) is 12.4 Å². The summed E-state index contributed by atoms with van der Waals surface area (Å²) in [5, 5.41) is 0. The van der Waals surface area contributed by atoms with Gasteiger partial charge in [0.15, 0.2) is 0 Å². The van der Waals surface area contributed by atoms with Gasteiger partial charge in [-0.15, -0.1) is 0 Å². The number of nitrogens with zero attached hydrogens (tertiary/aromatic N) is 1. The minimum atomic E-state index is -3.34. The molecule has 7 heteroatoms. The van der Waals surface area contributed by atoms with Crippen LogP contribution in [0.1, 0.15) is 0 Å². The molecule has 6 nitrogen and oxygen atoms in total. The zero-order chi connectivity index (χ0) is 9.73. The van der Waals surface area contributed by atoms with Crippen LogP contribution in [-0.4, -0.2) is 37.9 Å². The van der Waals surface area contributed by atoms with Crippen LogP contribution in [0.5, 0.6) is 0 Å². The fourth-order valence-corrected chi connectivity index (χ4v) is 1.61. The summed E-state index contributed by atoms with van der Waals surface area (Å²) in [6.45, 7) is 0.163. The molecule has 0 aliphatic heterocycles. The summed E-state index contributed by atoms with van der Waals surface area (Å²) < 4.78 is 29.3. The van der Waals surface area contributed by atoms with Crippen molar-refractivity contribution in [2.45, 2.75) is 0 Å². The Kier molecular flexibility index (Phi) is 3.26. The first-order valence-corrected chi connectivity index (χ1v) is 5.28. The van der Waals surface area contributed by atoms with Gasteiger partial charge in [0.05, 0.1) is 12.4 Å². The molecule has 0 bridgehead atoms. The minimum Gasteiger partial charge on any atom is -0.384 e. The molecule has 0 atom stereocenters. The Hall–Kier alpha value is -1.08. The Morgan fingerprint density at radius 1 is 1.69 bits per heavy atom. The van der Waals surface area contributed by atoms with Crippen molar-refractivity contribution >= 4 is 16.0 Å². The lowest BCUT2D eigenvalue weighted by atomic mass is 10.9. The van der Waals surface area contributed by atoms with Crippen LogP contribution in [0.25, 0.3) is 0 Å². The van der Waals surface area contributed by atoms with Gasteiger partial charge in [-0.05, 0) is 0 Å². The second-order valence-electron chi connectivity index (χ2n) is 2.35. The number of methoxy groups -OCH3 is 1. The fraction of sp³-hybridized carbons (Fsp3) is 0.500. The van der Waals surface area contributed by atoms with Gasteiger partial charge in [-0.3, -0.25) is 4.72 Å². The molecular formula is C6H11N3O3S. The molecule has 0 aliphatic rings. The Morgan fingerprint density at radius 3 is 3.00 bits per heavy atom. The topological polar surface area (TPSA) is 84.1 Å². The maximum atomic E-state index is 11.2. The van der Waals surface area contributed by atoms with E-state index in [9.17, 15) is 8.42 Å². The van der Waals surface area contributed by atoms with Crippen LogP contribution < -0.4 is 4.72 Å². The van der Waals surface area contributed by atoms with Gasteiger partial charge in [0.1, 0.15) is 0 Å². The Labute approximate surface area is 76.4 Å². The van der Waals surface area contributed by atoms with E-state index in [0.29, 0.717) is 0 Å². The molecule has 0 radical (unpaired) electrons. The molecule has 0 aliphatic carbocycles. The Balaban J connectivity index is 2.53. The number of anilines is 1. The number of hydrogen-bond donors (Lipinski definition) is 2. The maximum absolute atomic E-state index is 11.2. The van der Waals surface area contributed by atoms with E-state index in [1.54, 1.807) is 0 Å². The Bertz CT molecular complexity index is 332. The lowest BCUT2D eigenvalue weighted by molar-refractivity contribution is 0.217. The summed E-state index contributed by atoms with van der Waals surface area (Å²) in [4.78, 5) is 6.35. The van der Waals surface area contributed by atoms with Crippen molar-refractivity contribution in [1.29, 1.82) is 0 Å². The molecule has 1 heterocycles. The third-order valence-corrected chi connectivity index (χ3v) is 2.52. The monoisotopic (exact) mass is 205 g/mol. The summed E-state index contributed by atoms with van der Waals surface area (Å²) in [5.74, 6) is 0.139. The van der Waals surface area contributed by atoms with Crippen molar-refractivity contribution in [3.63, 3.8) is 0 Å². The van der Waals surface area contributed by atoms with E-state index in [-0.39, 0.29) is 18.3 Å². The molecule has 74 valence electrons. The highest BCUT2D eigenvalue weighted by atomic mass is 32.2.